The molecule has 0 atom stereocenters. The molecule has 0 unspecified atom stereocenters. The fraction of sp³-hybridized carbons (Fsp3) is 0.500. The van der Waals surface area contributed by atoms with Crippen molar-refractivity contribution in [1.82, 2.24) is 4.90 Å². The molecule has 0 aliphatic carbocycles. The summed E-state index contributed by atoms with van der Waals surface area (Å²) >= 11 is 3.93. The third-order valence-electron chi connectivity index (χ3n) is 3.09. The third kappa shape index (κ3) is 3.68. The van der Waals surface area contributed by atoms with E-state index in [4.69, 9.17) is 5.11 Å². The Bertz CT molecular complexity index is 416. The summed E-state index contributed by atoms with van der Waals surface area (Å²) in [7, 11) is 0. The maximum atomic E-state index is 12.2. The van der Waals surface area contributed by atoms with Gasteiger partial charge in [-0.1, -0.05) is 12.1 Å². The SMILES string of the molecule is CCN(CCO)C(=O)c1ccc(C2SCCS2)cc1. The highest BCUT2D eigenvalue weighted by molar-refractivity contribution is 8.19. The van der Waals surface area contributed by atoms with E-state index in [1.54, 1.807) is 4.90 Å². The van der Waals surface area contributed by atoms with Crippen LogP contribution in [0.15, 0.2) is 24.3 Å². The molecule has 1 N–H and O–H groups in total. The Balaban J connectivity index is 2.06. The summed E-state index contributed by atoms with van der Waals surface area (Å²) in [5.74, 6) is 2.40. The van der Waals surface area contributed by atoms with Gasteiger partial charge in [-0.15, -0.1) is 23.5 Å². The molecule has 1 amide bonds. The van der Waals surface area contributed by atoms with E-state index >= 15 is 0 Å². The first kappa shape index (κ1) is 14.8. The van der Waals surface area contributed by atoms with Crippen molar-refractivity contribution < 1.29 is 9.90 Å². The number of amides is 1. The molecule has 1 aliphatic heterocycles. The average Bonchev–Trinajstić information content (AvgIpc) is 2.98. The normalized spacial score (nSPS) is 15.7. The maximum Gasteiger partial charge on any atom is 0.253 e. The zero-order valence-corrected chi connectivity index (χ0v) is 12.7. The summed E-state index contributed by atoms with van der Waals surface area (Å²) in [6.07, 6.45) is 0. The Morgan fingerprint density at radius 3 is 2.47 bits per heavy atom. The summed E-state index contributed by atoms with van der Waals surface area (Å²) < 4.78 is 0.517. The molecule has 0 spiro atoms. The smallest absolute Gasteiger partial charge is 0.253 e. The van der Waals surface area contributed by atoms with Gasteiger partial charge in [0.1, 0.15) is 0 Å². The largest absolute Gasteiger partial charge is 0.395 e. The van der Waals surface area contributed by atoms with Crippen molar-refractivity contribution in [3.63, 3.8) is 0 Å². The predicted octanol–water partition coefficient (Wildman–Crippen LogP) is 2.62. The molecule has 2 rings (SSSR count). The van der Waals surface area contributed by atoms with Crippen LogP contribution in [0.25, 0.3) is 0 Å². The van der Waals surface area contributed by atoms with Crippen molar-refractivity contribution in [3.05, 3.63) is 35.4 Å². The highest BCUT2D eigenvalue weighted by atomic mass is 32.2. The zero-order chi connectivity index (χ0) is 13.7. The van der Waals surface area contributed by atoms with Crippen molar-refractivity contribution >= 4 is 29.4 Å². The molecule has 5 heteroatoms. The summed E-state index contributed by atoms with van der Waals surface area (Å²) in [6, 6.07) is 7.90. The van der Waals surface area contributed by atoms with Crippen LogP contribution >= 0.6 is 23.5 Å². The van der Waals surface area contributed by atoms with Crippen molar-refractivity contribution in [2.75, 3.05) is 31.2 Å². The molecule has 1 saturated heterocycles. The van der Waals surface area contributed by atoms with Gasteiger partial charge in [0.05, 0.1) is 11.2 Å². The first-order chi connectivity index (χ1) is 9.26. The standard InChI is InChI=1S/C14H19NO2S2/c1-2-15(7-8-16)13(17)11-3-5-12(6-4-11)14-18-9-10-19-14/h3-6,14,16H,2,7-10H2,1H3. The number of rotatable bonds is 5. The Morgan fingerprint density at radius 2 is 1.95 bits per heavy atom. The van der Waals surface area contributed by atoms with Gasteiger partial charge in [-0.05, 0) is 24.6 Å². The van der Waals surface area contributed by atoms with Gasteiger partial charge in [0.2, 0.25) is 0 Å². The minimum Gasteiger partial charge on any atom is -0.395 e. The fourth-order valence-electron chi connectivity index (χ4n) is 2.04. The highest BCUT2D eigenvalue weighted by Crippen LogP contribution is 2.45. The van der Waals surface area contributed by atoms with E-state index in [1.165, 1.54) is 17.1 Å². The molecular formula is C14H19NO2S2. The summed E-state index contributed by atoms with van der Waals surface area (Å²) in [4.78, 5) is 13.9. The van der Waals surface area contributed by atoms with E-state index < -0.39 is 0 Å². The van der Waals surface area contributed by atoms with E-state index in [0.717, 1.165) is 0 Å². The van der Waals surface area contributed by atoms with Crippen LogP contribution in [0.1, 0.15) is 27.4 Å². The first-order valence-electron chi connectivity index (χ1n) is 6.49. The number of carbonyl (C=O) groups is 1. The number of aliphatic hydroxyl groups is 1. The van der Waals surface area contributed by atoms with E-state index in [-0.39, 0.29) is 12.5 Å². The van der Waals surface area contributed by atoms with Crippen LogP contribution in [0, 0.1) is 0 Å². The van der Waals surface area contributed by atoms with Gasteiger partial charge < -0.3 is 10.0 Å². The third-order valence-corrected chi connectivity index (χ3v) is 6.19. The van der Waals surface area contributed by atoms with Gasteiger partial charge >= 0.3 is 0 Å². The van der Waals surface area contributed by atoms with Crippen molar-refractivity contribution in [1.29, 1.82) is 0 Å². The Morgan fingerprint density at radius 1 is 1.32 bits per heavy atom. The van der Waals surface area contributed by atoms with Crippen LogP contribution in [0.5, 0.6) is 0 Å². The molecule has 19 heavy (non-hydrogen) atoms. The molecular weight excluding hydrogens is 278 g/mol. The highest BCUT2D eigenvalue weighted by Gasteiger charge is 2.19. The topological polar surface area (TPSA) is 40.5 Å². The Hall–Kier alpha value is -0.650. The van der Waals surface area contributed by atoms with E-state index in [2.05, 4.69) is 12.1 Å². The number of nitrogens with zero attached hydrogens (tertiary/aromatic N) is 1. The van der Waals surface area contributed by atoms with Crippen molar-refractivity contribution in [2.45, 2.75) is 11.5 Å². The van der Waals surface area contributed by atoms with E-state index in [1.807, 2.05) is 42.6 Å². The van der Waals surface area contributed by atoms with Gasteiger partial charge in [-0.2, -0.15) is 0 Å². The number of benzene rings is 1. The lowest BCUT2D eigenvalue weighted by Crippen LogP contribution is -2.33. The van der Waals surface area contributed by atoms with Crippen LogP contribution in [0.3, 0.4) is 0 Å². The van der Waals surface area contributed by atoms with Crippen molar-refractivity contribution in [2.24, 2.45) is 0 Å². The molecule has 1 heterocycles. The minimum atomic E-state index is -0.00479. The van der Waals surface area contributed by atoms with Gasteiger partial charge in [-0.3, -0.25) is 4.79 Å². The summed E-state index contributed by atoms with van der Waals surface area (Å²) in [5.41, 5.74) is 1.99. The van der Waals surface area contributed by atoms with Gasteiger partial charge in [0, 0.05) is 30.2 Å². The van der Waals surface area contributed by atoms with Crippen molar-refractivity contribution in [3.8, 4) is 0 Å². The molecule has 104 valence electrons. The molecule has 1 aromatic rings. The van der Waals surface area contributed by atoms with Gasteiger partial charge in [0.15, 0.2) is 0 Å². The number of aliphatic hydroxyl groups excluding tert-OH is 1. The lowest BCUT2D eigenvalue weighted by molar-refractivity contribution is 0.0732. The molecule has 0 radical (unpaired) electrons. The second-order valence-corrected chi connectivity index (χ2v) is 7.03. The second kappa shape index (κ2) is 7.22. The monoisotopic (exact) mass is 297 g/mol. The van der Waals surface area contributed by atoms with Crippen LogP contribution < -0.4 is 0 Å². The average molecular weight is 297 g/mol. The molecule has 1 aromatic carbocycles. The number of hydrogen-bond donors (Lipinski definition) is 1. The molecule has 0 aromatic heterocycles. The fourth-order valence-corrected chi connectivity index (χ4v) is 4.90. The quantitative estimate of drug-likeness (QED) is 0.907. The van der Waals surface area contributed by atoms with Crippen LogP contribution in [-0.4, -0.2) is 47.1 Å². The number of thioether (sulfide) groups is 2. The second-order valence-electron chi connectivity index (χ2n) is 4.30. The van der Waals surface area contributed by atoms with E-state index in [9.17, 15) is 4.79 Å². The van der Waals surface area contributed by atoms with Crippen LogP contribution in [0.2, 0.25) is 0 Å². The molecule has 1 fully saturated rings. The van der Waals surface area contributed by atoms with Crippen LogP contribution in [-0.2, 0) is 0 Å². The molecule has 1 aliphatic rings. The predicted molar refractivity (Wildman–Crippen MR) is 82.8 cm³/mol. The molecule has 0 saturated carbocycles. The van der Waals surface area contributed by atoms with Gasteiger partial charge in [0.25, 0.3) is 5.91 Å². The molecule has 3 nitrogen and oxygen atoms in total. The van der Waals surface area contributed by atoms with Gasteiger partial charge in [-0.25, -0.2) is 0 Å². The summed E-state index contributed by atoms with van der Waals surface area (Å²) in [5, 5.41) is 8.95. The Kier molecular flexibility index (Phi) is 5.60. The lowest BCUT2D eigenvalue weighted by atomic mass is 10.1. The molecule has 0 bridgehead atoms. The Labute approximate surface area is 122 Å². The maximum absolute atomic E-state index is 12.2. The number of carbonyl (C=O) groups excluding carboxylic acids is 1. The van der Waals surface area contributed by atoms with Crippen LogP contribution in [0.4, 0.5) is 0 Å². The number of hydrogen-bond acceptors (Lipinski definition) is 4. The first-order valence-corrected chi connectivity index (χ1v) is 8.59. The summed E-state index contributed by atoms with van der Waals surface area (Å²) in [6.45, 7) is 2.95. The lowest BCUT2D eigenvalue weighted by Gasteiger charge is -2.20. The minimum absolute atomic E-state index is 0.00479. The van der Waals surface area contributed by atoms with E-state index in [0.29, 0.717) is 23.2 Å². The number of likely N-dealkylation sites (N-methyl/N-ethyl adjacent to an activating group) is 1. The zero-order valence-electron chi connectivity index (χ0n) is 11.0.